The first-order chi connectivity index (χ1) is 12.3. The number of rotatable bonds is 8. The molecule has 0 heterocycles. The van der Waals surface area contributed by atoms with Gasteiger partial charge in [-0.15, -0.1) is 11.8 Å². The molecule has 2 aromatic rings. The summed E-state index contributed by atoms with van der Waals surface area (Å²) in [5.74, 6) is 0. The highest BCUT2D eigenvalue weighted by Crippen LogP contribution is 2.57. The van der Waals surface area contributed by atoms with Gasteiger partial charge in [0.05, 0.1) is 16.1 Å². The molecule has 0 aliphatic heterocycles. The molecule has 0 spiro atoms. The molecule has 1 fully saturated rings. The molecule has 0 saturated heterocycles. The maximum atomic E-state index is 2.64. The third-order valence-electron chi connectivity index (χ3n) is 5.96. The van der Waals surface area contributed by atoms with Gasteiger partial charge in [-0.3, -0.25) is 0 Å². The van der Waals surface area contributed by atoms with Gasteiger partial charge in [-0.2, -0.15) is 0 Å². The molecule has 26 heavy (non-hydrogen) atoms. The molecule has 0 N–H and O–H groups in total. The Morgan fingerprint density at radius 2 is 1.46 bits per heavy atom. The summed E-state index contributed by atoms with van der Waals surface area (Å²) in [6, 6.07) is 23.5. The van der Waals surface area contributed by atoms with Gasteiger partial charge in [0.15, 0.2) is 0 Å². The van der Waals surface area contributed by atoms with Crippen LogP contribution >= 0.6 is 11.8 Å². The van der Waals surface area contributed by atoms with Crippen LogP contribution in [0.15, 0.2) is 77.3 Å². The SMILES string of the molecule is C[Si](C)(CC/C=C/[Si](C)(C)C1(Sc2ccccc2)CC1)c1ccccc1. The number of allylic oxidation sites excluding steroid dienone is 1. The van der Waals surface area contributed by atoms with E-state index in [0.29, 0.717) is 4.37 Å². The van der Waals surface area contributed by atoms with Gasteiger partial charge in [0.2, 0.25) is 0 Å². The van der Waals surface area contributed by atoms with Crippen molar-refractivity contribution in [2.24, 2.45) is 0 Å². The predicted molar refractivity (Wildman–Crippen MR) is 124 cm³/mol. The summed E-state index contributed by atoms with van der Waals surface area (Å²) in [7, 11) is -2.69. The van der Waals surface area contributed by atoms with E-state index in [4.69, 9.17) is 0 Å². The van der Waals surface area contributed by atoms with Crippen LogP contribution in [0.1, 0.15) is 19.3 Å². The van der Waals surface area contributed by atoms with E-state index in [0.717, 1.165) is 0 Å². The van der Waals surface area contributed by atoms with Crippen molar-refractivity contribution in [3.8, 4) is 0 Å². The van der Waals surface area contributed by atoms with E-state index >= 15 is 0 Å². The second kappa shape index (κ2) is 7.91. The van der Waals surface area contributed by atoms with E-state index in [-0.39, 0.29) is 0 Å². The Kier molecular flexibility index (Phi) is 6.00. The van der Waals surface area contributed by atoms with E-state index < -0.39 is 16.1 Å². The summed E-state index contributed by atoms with van der Waals surface area (Å²) in [6.45, 7) is 10.1. The largest absolute Gasteiger partial charge is 0.122 e. The lowest BCUT2D eigenvalue weighted by atomic mass is 10.4. The molecule has 0 aromatic heterocycles. The number of benzene rings is 2. The van der Waals surface area contributed by atoms with Crippen LogP contribution in [0, 0.1) is 0 Å². The first kappa shape index (κ1) is 19.7. The molecule has 1 saturated carbocycles. The molecule has 3 heteroatoms. The molecular weight excluding hydrogens is 364 g/mol. The Hall–Kier alpha value is -1.04. The Morgan fingerprint density at radius 3 is 2.04 bits per heavy atom. The lowest BCUT2D eigenvalue weighted by Crippen LogP contribution is -2.41. The quantitative estimate of drug-likeness (QED) is 0.449. The van der Waals surface area contributed by atoms with Crippen LogP contribution in [0.25, 0.3) is 0 Å². The van der Waals surface area contributed by atoms with Crippen molar-refractivity contribution in [3.63, 3.8) is 0 Å². The number of thioether (sulfide) groups is 1. The van der Waals surface area contributed by atoms with Crippen LogP contribution in [0.5, 0.6) is 0 Å². The first-order valence-electron chi connectivity index (χ1n) is 9.82. The molecule has 1 aliphatic rings. The van der Waals surface area contributed by atoms with E-state index in [9.17, 15) is 0 Å². The van der Waals surface area contributed by atoms with E-state index in [1.165, 1.54) is 30.2 Å². The standard InChI is InChI=1S/C23H32SSi2/c1-25(2,22-15-9-6-10-16-22)19-11-12-20-26(3,4)23(17-18-23)24-21-13-7-5-8-14-21/h5-10,12-16,20H,11,17-19H2,1-4H3/b20-12+. The zero-order valence-electron chi connectivity index (χ0n) is 16.7. The summed E-state index contributed by atoms with van der Waals surface area (Å²) in [4.78, 5) is 1.44. The molecule has 2 aromatic carbocycles. The van der Waals surface area contributed by atoms with Gasteiger partial charge in [-0.1, -0.05) is 97.7 Å². The lowest BCUT2D eigenvalue weighted by molar-refractivity contribution is 1.16. The van der Waals surface area contributed by atoms with Crippen molar-refractivity contribution in [3.05, 3.63) is 72.4 Å². The third-order valence-corrected chi connectivity index (χ3v) is 16.5. The van der Waals surface area contributed by atoms with Crippen LogP contribution < -0.4 is 5.19 Å². The smallest absolute Gasteiger partial charge is 0.0888 e. The summed E-state index contributed by atoms with van der Waals surface area (Å²) < 4.78 is 0.525. The summed E-state index contributed by atoms with van der Waals surface area (Å²) in [6.07, 6.45) is 6.53. The van der Waals surface area contributed by atoms with Crippen molar-refractivity contribution in [1.29, 1.82) is 0 Å². The minimum Gasteiger partial charge on any atom is -0.122 e. The minimum atomic E-state index is -1.38. The predicted octanol–water partition coefficient (Wildman–Crippen LogP) is 6.66. The fraction of sp³-hybridized carbons (Fsp3) is 0.391. The number of hydrogen-bond acceptors (Lipinski definition) is 1. The second-order valence-corrected chi connectivity index (χ2v) is 20.2. The average molecular weight is 397 g/mol. The van der Waals surface area contributed by atoms with E-state index in [1.807, 2.05) is 0 Å². The molecular formula is C23H32SSi2. The van der Waals surface area contributed by atoms with Crippen LogP contribution in [0.3, 0.4) is 0 Å². The van der Waals surface area contributed by atoms with Crippen molar-refractivity contribution in [2.45, 2.75) is 60.8 Å². The van der Waals surface area contributed by atoms with Crippen molar-refractivity contribution >= 4 is 33.1 Å². The van der Waals surface area contributed by atoms with E-state index in [2.05, 4.69) is 110 Å². The van der Waals surface area contributed by atoms with Gasteiger partial charge in [0.25, 0.3) is 0 Å². The van der Waals surface area contributed by atoms with Gasteiger partial charge in [-0.25, -0.2) is 0 Å². The maximum absolute atomic E-state index is 2.64. The van der Waals surface area contributed by atoms with Gasteiger partial charge >= 0.3 is 0 Å². The maximum Gasteiger partial charge on any atom is 0.0888 e. The molecule has 0 nitrogen and oxygen atoms in total. The van der Waals surface area contributed by atoms with Crippen molar-refractivity contribution in [2.75, 3.05) is 0 Å². The Balaban J connectivity index is 1.59. The fourth-order valence-corrected chi connectivity index (χ4v) is 11.1. The van der Waals surface area contributed by atoms with Gasteiger partial charge in [-0.05, 0) is 31.4 Å². The highest BCUT2D eigenvalue weighted by molar-refractivity contribution is 8.03. The monoisotopic (exact) mass is 396 g/mol. The van der Waals surface area contributed by atoms with Crippen LogP contribution in [-0.4, -0.2) is 20.5 Å². The minimum absolute atomic E-state index is 0.525. The summed E-state index contributed by atoms with van der Waals surface area (Å²) in [5, 5.41) is 1.59. The number of hydrogen-bond donors (Lipinski definition) is 0. The van der Waals surface area contributed by atoms with Crippen LogP contribution in [-0.2, 0) is 0 Å². The van der Waals surface area contributed by atoms with Crippen molar-refractivity contribution < 1.29 is 0 Å². The fourth-order valence-electron chi connectivity index (χ4n) is 3.71. The van der Waals surface area contributed by atoms with Gasteiger partial charge < -0.3 is 0 Å². The van der Waals surface area contributed by atoms with Gasteiger partial charge in [0.1, 0.15) is 0 Å². The molecule has 3 rings (SSSR count). The van der Waals surface area contributed by atoms with Crippen LogP contribution in [0.4, 0.5) is 0 Å². The molecule has 138 valence electrons. The summed E-state index contributed by atoms with van der Waals surface area (Å²) >= 11 is 2.14. The summed E-state index contributed by atoms with van der Waals surface area (Å²) in [5.41, 5.74) is 2.64. The zero-order chi connectivity index (χ0) is 18.7. The highest BCUT2D eigenvalue weighted by atomic mass is 32.2. The molecule has 0 amide bonds. The molecule has 1 aliphatic carbocycles. The normalized spacial score (nSPS) is 16.8. The third kappa shape index (κ3) is 4.62. The molecule has 0 atom stereocenters. The first-order valence-corrected chi connectivity index (χ1v) is 16.9. The lowest BCUT2D eigenvalue weighted by Gasteiger charge is -2.30. The molecule has 0 bridgehead atoms. The highest BCUT2D eigenvalue weighted by Gasteiger charge is 2.55. The Labute approximate surface area is 166 Å². The van der Waals surface area contributed by atoms with E-state index in [1.54, 1.807) is 5.19 Å². The zero-order valence-corrected chi connectivity index (χ0v) is 19.5. The van der Waals surface area contributed by atoms with Crippen LogP contribution in [0.2, 0.25) is 32.2 Å². The van der Waals surface area contributed by atoms with Gasteiger partial charge in [0, 0.05) is 9.27 Å². The Morgan fingerprint density at radius 1 is 0.885 bits per heavy atom. The molecule has 0 unspecified atom stereocenters. The second-order valence-electron chi connectivity index (χ2n) is 8.82. The Bertz CT molecular complexity index is 731. The topological polar surface area (TPSA) is 0 Å². The molecule has 0 radical (unpaired) electrons. The average Bonchev–Trinajstić information content (AvgIpc) is 3.42. The van der Waals surface area contributed by atoms with Crippen molar-refractivity contribution in [1.82, 2.24) is 0 Å².